The molecule has 1 atom stereocenters. The highest BCUT2D eigenvalue weighted by Crippen LogP contribution is 2.31. The Labute approximate surface area is 129 Å². The second-order valence-corrected chi connectivity index (χ2v) is 6.22. The van der Waals surface area contributed by atoms with Crippen LogP contribution in [-0.2, 0) is 11.3 Å². The predicted octanol–water partition coefficient (Wildman–Crippen LogP) is 1.27. The number of hydrogen-bond acceptors (Lipinski definition) is 4. The van der Waals surface area contributed by atoms with Gasteiger partial charge in [0, 0.05) is 25.8 Å². The van der Waals surface area contributed by atoms with Crippen molar-refractivity contribution >= 4 is 12.0 Å². The van der Waals surface area contributed by atoms with Gasteiger partial charge in [0.1, 0.15) is 5.60 Å². The van der Waals surface area contributed by atoms with Crippen LogP contribution in [0.1, 0.15) is 35.9 Å². The van der Waals surface area contributed by atoms with Gasteiger partial charge in [-0.3, -0.25) is 9.48 Å². The van der Waals surface area contributed by atoms with E-state index in [1.807, 2.05) is 24.6 Å². The van der Waals surface area contributed by atoms with Gasteiger partial charge in [-0.1, -0.05) is 0 Å². The van der Waals surface area contributed by atoms with Crippen molar-refractivity contribution in [2.45, 2.75) is 38.8 Å². The Morgan fingerprint density at radius 1 is 1.45 bits per heavy atom. The first-order chi connectivity index (χ1) is 10.4. The van der Waals surface area contributed by atoms with Crippen molar-refractivity contribution in [1.82, 2.24) is 19.6 Å². The maximum absolute atomic E-state index is 12.7. The van der Waals surface area contributed by atoms with Crippen LogP contribution in [0.5, 0.6) is 0 Å². The Hall–Kier alpha value is -2.05. The van der Waals surface area contributed by atoms with Crippen LogP contribution in [0.3, 0.4) is 0 Å². The van der Waals surface area contributed by atoms with Crippen molar-refractivity contribution in [2.24, 2.45) is 0 Å². The third-order valence-electron chi connectivity index (χ3n) is 4.47. The number of piperidine rings is 1. The number of carbonyl (C=O) groups is 2. The Kier molecular flexibility index (Phi) is 3.58. The van der Waals surface area contributed by atoms with Crippen molar-refractivity contribution < 1.29 is 14.3 Å². The molecular weight excluding hydrogens is 284 g/mol. The van der Waals surface area contributed by atoms with Crippen LogP contribution in [0, 0.1) is 6.92 Å². The minimum Gasteiger partial charge on any atom is -0.439 e. The molecule has 3 heterocycles. The number of aryl methyl sites for hydroxylation is 2. The van der Waals surface area contributed by atoms with Gasteiger partial charge in [-0.15, -0.1) is 0 Å². The number of aromatic nitrogens is 2. The Balaban J connectivity index is 1.77. The highest BCUT2D eigenvalue weighted by molar-refractivity contribution is 5.92. The number of nitrogens with zero attached hydrogens (tertiary/aromatic N) is 4. The largest absolute Gasteiger partial charge is 0.439 e. The smallest absolute Gasteiger partial charge is 0.410 e. The van der Waals surface area contributed by atoms with E-state index < -0.39 is 5.60 Å². The minimum absolute atomic E-state index is 0.0834. The Morgan fingerprint density at radius 2 is 2.23 bits per heavy atom. The molecule has 0 unspecified atom stereocenters. The number of ether oxygens (including phenoxy) is 1. The predicted molar refractivity (Wildman–Crippen MR) is 79.6 cm³/mol. The molecule has 2 amide bonds. The summed E-state index contributed by atoms with van der Waals surface area (Å²) < 4.78 is 7.35. The second kappa shape index (κ2) is 5.30. The van der Waals surface area contributed by atoms with Gasteiger partial charge in [0.2, 0.25) is 0 Å². The maximum Gasteiger partial charge on any atom is 0.410 e. The summed E-state index contributed by atoms with van der Waals surface area (Å²) in [5.74, 6) is -0.0834. The van der Waals surface area contributed by atoms with E-state index in [4.69, 9.17) is 4.74 Å². The zero-order valence-electron chi connectivity index (χ0n) is 13.3. The summed E-state index contributed by atoms with van der Waals surface area (Å²) in [6, 6.07) is 1.82. The fraction of sp³-hybridized carbons (Fsp3) is 0.667. The molecule has 0 N–H and O–H groups in total. The monoisotopic (exact) mass is 306 g/mol. The van der Waals surface area contributed by atoms with Crippen molar-refractivity contribution in [1.29, 1.82) is 0 Å². The lowest BCUT2D eigenvalue weighted by molar-refractivity contribution is -0.00543. The lowest BCUT2D eigenvalue weighted by atomic mass is 9.92. The normalized spacial score (nSPS) is 25.0. The van der Waals surface area contributed by atoms with E-state index in [-0.39, 0.29) is 12.0 Å². The molecule has 2 saturated heterocycles. The van der Waals surface area contributed by atoms with Crippen LogP contribution in [0.25, 0.3) is 0 Å². The molecule has 22 heavy (non-hydrogen) atoms. The van der Waals surface area contributed by atoms with Gasteiger partial charge in [0.25, 0.3) is 5.91 Å². The topological polar surface area (TPSA) is 67.7 Å². The van der Waals surface area contributed by atoms with Crippen LogP contribution < -0.4 is 0 Å². The fourth-order valence-electron chi connectivity index (χ4n) is 3.37. The third-order valence-corrected chi connectivity index (χ3v) is 4.47. The summed E-state index contributed by atoms with van der Waals surface area (Å²) in [7, 11) is 1.73. The summed E-state index contributed by atoms with van der Waals surface area (Å²) in [6.45, 7) is 6.35. The van der Waals surface area contributed by atoms with Gasteiger partial charge in [-0.25, -0.2) is 4.79 Å². The SMILES string of the molecule is CCn1nc(C(=O)N2CCC[C@@]3(CN(C)C(=O)O3)C2)cc1C. The molecule has 2 aliphatic rings. The number of likely N-dealkylation sites (tertiary alicyclic amines) is 1. The molecule has 1 aromatic heterocycles. The van der Waals surface area contributed by atoms with E-state index in [0.717, 1.165) is 25.1 Å². The number of amides is 2. The van der Waals surface area contributed by atoms with Crippen LogP contribution in [0.4, 0.5) is 4.79 Å². The molecular formula is C15H22N4O3. The molecule has 0 radical (unpaired) electrons. The number of carbonyl (C=O) groups excluding carboxylic acids is 2. The lowest BCUT2D eigenvalue weighted by Gasteiger charge is -2.38. The molecule has 0 bridgehead atoms. The summed E-state index contributed by atoms with van der Waals surface area (Å²) in [4.78, 5) is 27.7. The van der Waals surface area contributed by atoms with Gasteiger partial charge >= 0.3 is 6.09 Å². The van der Waals surface area contributed by atoms with E-state index in [2.05, 4.69) is 5.10 Å². The van der Waals surface area contributed by atoms with Crippen LogP contribution >= 0.6 is 0 Å². The molecule has 0 aromatic carbocycles. The van der Waals surface area contributed by atoms with Gasteiger partial charge in [0.05, 0.1) is 13.1 Å². The molecule has 1 aromatic rings. The number of hydrogen-bond donors (Lipinski definition) is 0. The van der Waals surface area contributed by atoms with Gasteiger partial charge in [-0.05, 0) is 32.8 Å². The van der Waals surface area contributed by atoms with Crippen molar-refractivity contribution in [3.63, 3.8) is 0 Å². The maximum atomic E-state index is 12.7. The Bertz CT molecular complexity index is 612. The quantitative estimate of drug-likeness (QED) is 0.825. The average molecular weight is 306 g/mol. The van der Waals surface area contributed by atoms with Crippen molar-refractivity contribution in [2.75, 3.05) is 26.7 Å². The summed E-state index contributed by atoms with van der Waals surface area (Å²) in [5.41, 5.74) is 0.890. The highest BCUT2D eigenvalue weighted by Gasteiger charge is 2.47. The third kappa shape index (κ3) is 2.44. The summed E-state index contributed by atoms with van der Waals surface area (Å²) in [6.07, 6.45) is 1.33. The van der Waals surface area contributed by atoms with E-state index in [9.17, 15) is 9.59 Å². The van der Waals surface area contributed by atoms with Gasteiger partial charge < -0.3 is 14.5 Å². The lowest BCUT2D eigenvalue weighted by Crippen LogP contribution is -2.52. The standard InChI is InChI=1S/C15H22N4O3/c1-4-19-11(2)8-12(16-19)13(20)18-7-5-6-15(10-18)9-17(3)14(21)22-15/h8H,4-7,9-10H2,1-3H3/t15-/m1/s1. The average Bonchev–Trinajstić information content (AvgIpc) is 2.99. The molecule has 120 valence electrons. The van der Waals surface area contributed by atoms with Crippen molar-refractivity contribution in [3.05, 3.63) is 17.5 Å². The molecule has 7 heteroatoms. The summed E-state index contributed by atoms with van der Waals surface area (Å²) >= 11 is 0. The zero-order chi connectivity index (χ0) is 15.9. The molecule has 0 aliphatic carbocycles. The van der Waals surface area contributed by atoms with E-state index >= 15 is 0 Å². The van der Waals surface area contributed by atoms with E-state index in [1.165, 1.54) is 0 Å². The number of likely N-dealkylation sites (N-methyl/N-ethyl adjacent to an activating group) is 1. The molecule has 0 saturated carbocycles. The first kappa shape index (κ1) is 14.9. The Morgan fingerprint density at radius 3 is 2.82 bits per heavy atom. The zero-order valence-corrected chi connectivity index (χ0v) is 13.3. The molecule has 3 rings (SSSR count). The first-order valence-electron chi connectivity index (χ1n) is 7.72. The highest BCUT2D eigenvalue weighted by atomic mass is 16.6. The fourth-order valence-corrected chi connectivity index (χ4v) is 3.37. The molecule has 7 nitrogen and oxygen atoms in total. The number of rotatable bonds is 2. The molecule has 1 spiro atoms. The molecule has 2 aliphatic heterocycles. The van der Waals surface area contributed by atoms with E-state index in [1.54, 1.807) is 16.8 Å². The summed E-state index contributed by atoms with van der Waals surface area (Å²) in [5, 5.41) is 4.36. The van der Waals surface area contributed by atoms with E-state index in [0.29, 0.717) is 25.3 Å². The van der Waals surface area contributed by atoms with Gasteiger partial charge in [-0.2, -0.15) is 5.10 Å². The second-order valence-electron chi connectivity index (χ2n) is 6.22. The first-order valence-corrected chi connectivity index (χ1v) is 7.72. The molecule has 2 fully saturated rings. The van der Waals surface area contributed by atoms with Crippen molar-refractivity contribution in [3.8, 4) is 0 Å². The minimum atomic E-state index is -0.553. The van der Waals surface area contributed by atoms with Crippen LogP contribution in [0.15, 0.2) is 6.07 Å². The van der Waals surface area contributed by atoms with Crippen LogP contribution in [0.2, 0.25) is 0 Å². The van der Waals surface area contributed by atoms with Gasteiger partial charge in [0.15, 0.2) is 5.69 Å². The van der Waals surface area contributed by atoms with Crippen LogP contribution in [-0.4, -0.2) is 63.9 Å².